The second kappa shape index (κ2) is 7.93. The Hall–Kier alpha value is -3.00. The molecule has 4 rings (SSSR count). The Morgan fingerprint density at radius 3 is 2.86 bits per heavy atom. The second-order valence-electron chi connectivity index (χ2n) is 7.37. The van der Waals surface area contributed by atoms with Gasteiger partial charge in [0.2, 0.25) is 5.91 Å². The van der Waals surface area contributed by atoms with Crippen molar-refractivity contribution in [2.45, 2.75) is 18.9 Å². The van der Waals surface area contributed by atoms with Crippen LogP contribution in [-0.2, 0) is 4.79 Å². The highest BCUT2D eigenvalue weighted by Crippen LogP contribution is 2.40. The number of nitrogens with two attached hydrogens (primary N) is 1. The highest BCUT2D eigenvalue weighted by Gasteiger charge is 2.43. The topological polar surface area (TPSA) is 117 Å². The van der Waals surface area contributed by atoms with Gasteiger partial charge in [-0.25, -0.2) is 0 Å². The number of pyridine rings is 1. The van der Waals surface area contributed by atoms with E-state index in [9.17, 15) is 9.59 Å². The lowest BCUT2D eigenvalue weighted by molar-refractivity contribution is -0.132. The van der Waals surface area contributed by atoms with E-state index in [4.69, 9.17) is 5.73 Å². The number of aromatic nitrogens is 3. The molecule has 8 heteroatoms. The third kappa shape index (κ3) is 3.96. The van der Waals surface area contributed by atoms with Crippen LogP contribution >= 0.6 is 0 Å². The molecular weight excluding hydrogens is 356 g/mol. The van der Waals surface area contributed by atoms with Gasteiger partial charge in [0.15, 0.2) is 0 Å². The summed E-state index contributed by atoms with van der Waals surface area (Å²) in [6.07, 6.45) is 12.1. The number of likely N-dealkylation sites (tertiary alicyclic amines) is 1. The summed E-state index contributed by atoms with van der Waals surface area (Å²) >= 11 is 0. The average molecular weight is 380 g/mol. The Labute approximate surface area is 162 Å². The van der Waals surface area contributed by atoms with Crippen molar-refractivity contribution in [2.75, 3.05) is 25.0 Å². The van der Waals surface area contributed by atoms with E-state index < -0.39 is 0 Å². The summed E-state index contributed by atoms with van der Waals surface area (Å²) in [6.45, 7) is 1.76. The summed E-state index contributed by atoms with van der Waals surface area (Å²) in [7, 11) is 0. The fraction of sp³-hybridized carbons (Fsp3) is 0.400. The maximum atomic E-state index is 12.4. The number of carbonyl (C=O) groups excluding carboxylic acids is 1. The van der Waals surface area contributed by atoms with Gasteiger partial charge in [-0.05, 0) is 24.8 Å². The van der Waals surface area contributed by atoms with Gasteiger partial charge in [-0.1, -0.05) is 6.08 Å². The van der Waals surface area contributed by atoms with Crippen molar-refractivity contribution in [1.82, 2.24) is 19.9 Å². The first-order valence-electron chi connectivity index (χ1n) is 9.57. The molecule has 1 amide bonds. The van der Waals surface area contributed by atoms with Gasteiger partial charge in [0, 0.05) is 61.8 Å². The zero-order chi connectivity index (χ0) is 19.5. The molecule has 28 heavy (non-hydrogen) atoms. The van der Waals surface area contributed by atoms with Gasteiger partial charge in [-0.2, -0.15) is 0 Å². The Morgan fingerprint density at radius 2 is 2.18 bits per heavy atom. The van der Waals surface area contributed by atoms with Crippen LogP contribution in [-0.4, -0.2) is 51.4 Å². The summed E-state index contributed by atoms with van der Waals surface area (Å²) in [5, 5.41) is 3.46. The fourth-order valence-corrected chi connectivity index (χ4v) is 3.64. The van der Waals surface area contributed by atoms with Gasteiger partial charge in [0.25, 0.3) is 5.56 Å². The van der Waals surface area contributed by atoms with Gasteiger partial charge in [-0.3, -0.25) is 19.6 Å². The molecule has 1 saturated carbocycles. The Morgan fingerprint density at radius 1 is 1.36 bits per heavy atom. The molecule has 2 aliphatic rings. The maximum absolute atomic E-state index is 12.4. The third-order valence-electron chi connectivity index (χ3n) is 5.34. The lowest BCUT2D eigenvalue weighted by atomic mass is 9.88. The largest absolute Gasteiger partial charge is 0.377 e. The first-order chi connectivity index (χ1) is 13.7. The highest BCUT2D eigenvalue weighted by atomic mass is 16.2. The van der Waals surface area contributed by atoms with E-state index in [0.29, 0.717) is 42.9 Å². The number of aromatic amines is 1. The van der Waals surface area contributed by atoms with E-state index in [1.165, 1.54) is 6.08 Å². The first-order valence-corrected chi connectivity index (χ1v) is 9.57. The van der Waals surface area contributed by atoms with Gasteiger partial charge in [0.1, 0.15) is 5.69 Å². The lowest BCUT2D eigenvalue weighted by Crippen LogP contribution is -2.56. The SMILES string of the molecule is NC/C=C/C(=O)N1CC(C(Nc2cc(-c3cnccn3)c[nH]c2=O)C2CC2)C1. The Balaban J connectivity index is 1.47. The smallest absolute Gasteiger partial charge is 0.271 e. The molecule has 0 spiro atoms. The van der Waals surface area contributed by atoms with Crippen LogP contribution in [0.4, 0.5) is 5.69 Å². The molecule has 2 aromatic rings. The Kier molecular flexibility index (Phi) is 5.21. The van der Waals surface area contributed by atoms with Crippen molar-refractivity contribution >= 4 is 11.6 Å². The average Bonchev–Trinajstić information content (AvgIpc) is 3.51. The normalized spacial score (nSPS) is 18.1. The number of carbonyl (C=O) groups is 1. The second-order valence-corrected chi connectivity index (χ2v) is 7.37. The minimum atomic E-state index is -0.156. The van der Waals surface area contributed by atoms with E-state index in [-0.39, 0.29) is 17.5 Å². The zero-order valence-electron chi connectivity index (χ0n) is 15.5. The van der Waals surface area contributed by atoms with Crippen molar-refractivity contribution in [2.24, 2.45) is 17.6 Å². The van der Waals surface area contributed by atoms with E-state index in [1.807, 2.05) is 11.0 Å². The lowest BCUT2D eigenvalue weighted by Gasteiger charge is -2.43. The van der Waals surface area contributed by atoms with Crippen molar-refractivity contribution < 1.29 is 4.79 Å². The standard InChI is InChI=1S/C20H24N6O2/c21-5-1-2-18(27)26-11-15(12-26)19(13-3-4-13)25-16-8-14(9-24-20(16)28)17-10-22-6-7-23-17/h1-2,6-10,13,15,19,25H,3-5,11-12,21H2,(H,24,28)/b2-1+. The fourth-order valence-electron chi connectivity index (χ4n) is 3.64. The van der Waals surface area contributed by atoms with Crippen LogP contribution in [0.2, 0.25) is 0 Å². The van der Waals surface area contributed by atoms with Gasteiger partial charge in [0.05, 0.1) is 11.9 Å². The predicted octanol–water partition coefficient (Wildman–Crippen LogP) is 0.996. The van der Waals surface area contributed by atoms with Crippen molar-refractivity contribution in [3.05, 3.63) is 53.4 Å². The van der Waals surface area contributed by atoms with Crippen LogP contribution in [0.1, 0.15) is 12.8 Å². The quantitative estimate of drug-likeness (QED) is 0.617. The number of hydrogen-bond acceptors (Lipinski definition) is 6. The summed E-state index contributed by atoms with van der Waals surface area (Å²) in [5.41, 5.74) is 7.30. The number of nitrogens with zero attached hydrogens (tertiary/aromatic N) is 3. The molecule has 1 saturated heterocycles. The maximum Gasteiger partial charge on any atom is 0.271 e. The molecular formula is C20H24N6O2. The van der Waals surface area contributed by atoms with Gasteiger partial charge >= 0.3 is 0 Å². The highest BCUT2D eigenvalue weighted by molar-refractivity contribution is 5.88. The minimum Gasteiger partial charge on any atom is -0.377 e. The molecule has 1 atom stereocenters. The molecule has 0 aromatic carbocycles. The van der Waals surface area contributed by atoms with E-state index in [0.717, 1.165) is 18.4 Å². The summed E-state index contributed by atoms with van der Waals surface area (Å²) < 4.78 is 0. The number of nitrogens with one attached hydrogen (secondary N) is 2. The van der Waals surface area contributed by atoms with Crippen LogP contribution < -0.4 is 16.6 Å². The third-order valence-corrected chi connectivity index (χ3v) is 5.34. The number of rotatable bonds is 7. The minimum absolute atomic E-state index is 0.00116. The molecule has 3 heterocycles. The summed E-state index contributed by atoms with van der Waals surface area (Å²) in [4.78, 5) is 37.4. The summed E-state index contributed by atoms with van der Waals surface area (Å²) in [6, 6.07) is 2.00. The van der Waals surface area contributed by atoms with Gasteiger partial charge < -0.3 is 20.9 Å². The monoisotopic (exact) mass is 380 g/mol. The number of hydrogen-bond donors (Lipinski definition) is 3. The van der Waals surface area contributed by atoms with E-state index >= 15 is 0 Å². The molecule has 8 nitrogen and oxygen atoms in total. The molecule has 1 unspecified atom stereocenters. The van der Waals surface area contributed by atoms with Crippen LogP contribution in [0.15, 0.2) is 47.8 Å². The van der Waals surface area contributed by atoms with Crippen molar-refractivity contribution in [3.63, 3.8) is 0 Å². The van der Waals surface area contributed by atoms with Crippen LogP contribution in [0.25, 0.3) is 11.3 Å². The van der Waals surface area contributed by atoms with Crippen LogP contribution in [0.3, 0.4) is 0 Å². The van der Waals surface area contributed by atoms with Crippen LogP contribution in [0.5, 0.6) is 0 Å². The van der Waals surface area contributed by atoms with Crippen LogP contribution in [0, 0.1) is 11.8 Å². The molecule has 4 N–H and O–H groups in total. The molecule has 0 bridgehead atoms. The van der Waals surface area contributed by atoms with Crippen molar-refractivity contribution in [3.8, 4) is 11.3 Å². The molecule has 0 radical (unpaired) electrons. The molecule has 2 aromatic heterocycles. The van der Waals surface area contributed by atoms with Crippen molar-refractivity contribution in [1.29, 1.82) is 0 Å². The molecule has 1 aliphatic heterocycles. The number of H-pyrrole nitrogens is 1. The predicted molar refractivity (Wildman–Crippen MR) is 106 cm³/mol. The van der Waals surface area contributed by atoms with E-state index in [2.05, 4.69) is 20.3 Å². The summed E-state index contributed by atoms with van der Waals surface area (Å²) in [5.74, 6) is 0.877. The number of anilines is 1. The number of amides is 1. The molecule has 1 aliphatic carbocycles. The molecule has 146 valence electrons. The zero-order valence-corrected chi connectivity index (χ0v) is 15.5. The molecule has 2 fully saturated rings. The van der Waals surface area contributed by atoms with Gasteiger partial charge in [-0.15, -0.1) is 0 Å². The first kappa shape index (κ1) is 18.4. The van der Waals surface area contributed by atoms with E-state index in [1.54, 1.807) is 30.9 Å². The Bertz CT molecular complexity index is 916.